The summed E-state index contributed by atoms with van der Waals surface area (Å²) in [5.41, 5.74) is 3.22. The van der Waals surface area contributed by atoms with E-state index in [0.29, 0.717) is 5.82 Å². The zero-order chi connectivity index (χ0) is 14.9. The Labute approximate surface area is 124 Å². The number of hydrogen-bond acceptors (Lipinski definition) is 5. The van der Waals surface area contributed by atoms with Crippen molar-refractivity contribution in [2.45, 2.75) is 20.8 Å². The minimum absolute atomic E-state index is 0.208. The summed E-state index contributed by atoms with van der Waals surface area (Å²) in [5, 5.41) is 3.45. The van der Waals surface area contributed by atoms with E-state index in [1.165, 1.54) is 0 Å². The highest BCUT2D eigenvalue weighted by molar-refractivity contribution is 5.58. The highest BCUT2D eigenvalue weighted by Crippen LogP contribution is 2.28. The van der Waals surface area contributed by atoms with Crippen molar-refractivity contribution in [1.29, 1.82) is 0 Å². The largest absolute Gasteiger partial charge is 0.380 e. The Kier molecular flexibility index (Phi) is 3.59. The molecule has 110 valence electrons. The van der Waals surface area contributed by atoms with Crippen LogP contribution in [0.2, 0.25) is 0 Å². The van der Waals surface area contributed by atoms with Gasteiger partial charge in [-0.3, -0.25) is 4.98 Å². The lowest BCUT2D eigenvalue weighted by atomic mass is 9.89. The normalized spacial score (nSPS) is 16.3. The van der Waals surface area contributed by atoms with Gasteiger partial charge in [0.1, 0.15) is 5.82 Å². The van der Waals surface area contributed by atoms with E-state index < -0.39 is 0 Å². The van der Waals surface area contributed by atoms with Gasteiger partial charge in [0, 0.05) is 41.2 Å². The lowest BCUT2D eigenvalue weighted by Crippen LogP contribution is -2.45. The predicted molar refractivity (Wildman–Crippen MR) is 82.2 cm³/mol. The number of rotatable bonds is 4. The van der Waals surface area contributed by atoms with Crippen LogP contribution in [0.1, 0.15) is 18.2 Å². The monoisotopic (exact) mass is 284 g/mol. The molecule has 5 heteroatoms. The van der Waals surface area contributed by atoms with Crippen molar-refractivity contribution in [2.24, 2.45) is 5.41 Å². The molecule has 0 aliphatic carbocycles. The van der Waals surface area contributed by atoms with Crippen LogP contribution in [0.25, 0.3) is 11.4 Å². The highest BCUT2D eigenvalue weighted by atomic mass is 16.5. The topological polar surface area (TPSA) is 59.9 Å². The Morgan fingerprint density at radius 2 is 2.10 bits per heavy atom. The van der Waals surface area contributed by atoms with Crippen molar-refractivity contribution in [3.05, 3.63) is 35.8 Å². The predicted octanol–water partition coefficient (Wildman–Crippen LogP) is 2.60. The fourth-order valence-corrected chi connectivity index (χ4v) is 2.27. The summed E-state index contributed by atoms with van der Waals surface area (Å²) in [4.78, 5) is 13.4. The second kappa shape index (κ2) is 5.41. The molecule has 0 aromatic carbocycles. The molecule has 0 unspecified atom stereocenters. The summed E-state index contributed by atoms with van der Waals surface area (Å²) >= 11 is 0. The number of aromatic nitrogens is 3. The summed E-state index contributed by atoms with van der Waals surface area (Å²) in [6.45, 7) is 8.74. The summed E-state index contributed by atoms with van der Waals surface area (Å²) in [6, 6.07) is 3.87. The van der Waals surface area contributed by atoms with Crippen LogP contribution in [0.3, 0.4) is 0 Å². The molecule has 0 radical (unpaired) electrons. The molecule has 1 fully saturated rings. The molecule has 2 aromatic heterocycles. The summed E-state index contributed by atoms with van der Waals surface area (Å²) in [6.07, 6.45) is 3.54. The first-order valence-corrected chi connectivity index (χ1v) is 7.15. The molecule has 3 rings (SSSR count). The Balaban J connectivity index is 1.87. The third-order valence-electron chi connectivity index (χ3n) is 3.89. The van der Waals surface area contributed by atoms with Crippen molar-refractivity contribution >= 4 is 5.82 Å². The van der Waals surface area contributed by atoms with E-state index in [2.05, 4.69) is 27.2 Å². The first-order valence-electron chi connectivity index (χ1n) is 7.15. The van der Waals surface area contributed by atoms with Crippen molar-refractivity contribution in [3.8, 4) is 11.4 Å². The van der Waals surface area contributed by atoms with Crippen LogP contribution in [-0.2, 0) is 4.74 Å². The van der Waals surface area contributed by atoms with E-state index in [-0.39, 0.29) is 5.41 Å². The number of nitrogens with zero attached hydrogens (tertiary/aromatic N) is 3. The number of pyridine rings is 1. The van der Waals surface area contributed by atoms with Crippen molar-refractivity contribution in [2.75, 3.05) is 25.1 Å². The molecule has 0 amide bonds. The fraction of sp³-hybridized carbons (Fsp3) is 0.438. The second-order valence-corrected chi connectivity index (χ2v) is 6.00. The average Bonchev–Trinajstić information content (AvgIpc) is 2.47. The number of anilines is 1. The minimum atomic E-state index is 0.208. The van der Waals surface area contributed by atoms with Gasteiger partial charge in [-0.05, 0) is 26.0 Å². The van der Waals surface area contributed by atoms with Gasteiger partial charge in [0.15, 0.2) is 5.82 Å². The molecule has 0 atom stereocenters. The van der Waals surface area contributed by atoms with Gasteiger partial charge >= 0.3 is 0 Å². The molecule has 1 saturated heterocycles. The Hall–Kier alpha value is -2.01. The summed E-state index contributed by atoms with van der Waals surface area (Å²) < 4.78 is 5.29. The summed E-state index contributed by atoms with van der Waals surface area (Å²) in [5.74, 6) is 1.61. The zero-order valence-electron chi connectivity index (χ0n) is 12.7. The lowest BCUT2D eigenvalue weighted by molar-refractivity contribution is -0.0924. The minimum Gasteiger partial charge on any atom is -0.380 e. The number of nitrogens with one attached hydrogen (secondary N) is 1. The van der Waals surface area contributed by atoms with Gasteiger partial charge in [0.25, 0.3) is 0 Å². The van der Waals surface area contributed by atoms with Crippen molar-refractivity contribution in [3.63, 3.8) is 0 Å². The average molecular weight is 284 g/mol. The third-order valence-corrected chi connectivity index (χ3v) is 3.89. The highest BCUT2D eigenvalue weighted by Gasteiger charge is 2.33. The molecule has 2 aromatic rings. The van der Waals surface area contributed by atoms with Crippen molar-refractivity contribution in [1.82, 2.24) is 15.0 Å². The fourth-order valence-electron chi connectivity index (χ4n) is 2.27. The first kappa shape index (κ1) is 13.9. The standard InChI is InChI=1S/C16H20N4O/c1-11-12(2)19-15(13-5-4-6-17-7-13)20-14(11)18-8-16(3)9-21-10-16/h4-7H,8-10H2,1-3H3,(H,18,19,20). The van der Waals surface area contributed by atoms with Gasteiger partial charge in [-0.15, -0.1) is 0 Å². The maximum absolute atomic E-state index is 5.29. The van der Waals surface area contributed by atoms with E-state index >= 15 is 0 Å². The van der Waals surface area contributed by atoms with Gasteiger partial charge < -0.3 is 10.1 Å². The smallest absolute Gasteiger partial charge is 0.163 e. The van der Waals surface area contributed by atoms with Crippen LogP contribution in [0.4, 0.5) is 5.82 Å². The molecule has 1 aliphatic rings. The van der Waals surface area contributed by atoms with Gasteiger partial charge in [-0.2, -0.15) is 0 Å². The molecular formula is C16H20N4O. The molecule has 0 spiro atoms. The van der Waals surface area contributed by atoms with Gasteiger partial charge in [0.05, 0.1) is 13.2 Å². The van der Waals surface area contributed by atoms with Gasteiger partial charge in [-0.1, -0.05) is 6.92 Å². The van der Waals surface area contributed by atoms with Gasteiger partial charge in [-0.25, -0.2) is 9.97 Å². The van der Waals surface area contributed by atoms with Gasteiger partial charge in [0.2, 0.25) is 0 Å². The number of aryl methyl sites for hydroxylation is 1. The van der Waals surface area contributed by atoms with Crippen LogP contribution >= 0.6 is 0 Å². The SMILES string of the molecule is Cc1nc(-c2cccnc2)nc(NCC2(C)COC2)c1C. The molecule has 1 aliphatic heterocycles. The zero-order valence-corrected chi connectivity index (χ0v) is 12.7. The lowest BCUT2D eigenvalue weighted by Gasteiger charge is -2.38. The van der Waals surface area contributed by atoms with E-state index in [0.717, 1.165) is 42.4 Å². The van der Waals surface area contributed by atoms with E-state index in [4.69, 9.17) is 4.74 Å². The molecule has 1 N–H and O–H groups in total. The van der Waals surface area contributed by atoms with E-state index in [9.17, 15) is 0 Å². The van der Waals surface area contributed by atoms with Crippen LogP contribution < -0.4 is 5.32 Å². The maximum atomic E-state index is 5.29. The quantitative estimate of drug-likeness (QED) is 0.935. The van der Waals surface area contributed by atoms with E-state index in [1.807, 2.05) is 26.0 Å². The van der Waals surface area contributed by atoms with Crippen molar-refractivity contribution < 1.29 is 4.74 Å². The number of ether oxygens (including phenoxy) is 1. The maximum Gasteiger partial charge on any atom is 0.163 e. The molecule has 0 saturated carbocycles. The van der Waals surface area contributed by atoms with Crippen LogP contribution in [-0.4, -0.2) is 34.7 Å². The number of hydrogen-bond donors (Lipinski definition) is 1. The first-order chi connectivity index (χ1) is 10.1. The van der Waals surface area contributed by atoms with Crippen LogP contribution in [0.5, 0.6) is 0 Å². The molecule has 5 nitrogen and oxygen atoms in total. The molecule has 21 heavy (non-hydrogen) atoms. The Morgan fingerprint density at radius 1 is 1.29 bits per heavy atom. The molecular weight excluding hydrogens is 264 g/mol. The van der Waals surface area contributed by atoms with E-state index in [1.54, 1.807) is 12.4 Å². The van der Waals surface area contributed by atoms with Crippen LogP contribution in [0, 0.1) is 19.3 Å². The molecule has 3 heterocycles. The third kappa shape index (κ3) is 2.88. The Morgan fingerprint density at radius 3 is 2.71 bits per heavy atom. The Bertz CT molecular complexity index is 638. The second-order valence-electron chi connectivity index (χ2n) is 6.00. The molecule has 0 bridgehead atoms. The summed E-state index contributed by atoms with van der Waals surface area (Å²) in [7, 11) is 0. The van der Waals surface area contributed by atoms with Crippen LogP contribution in [0.15, 0.2) is 24.5 Å².